The number of benzene rings is 2. The third-order valence-electron chi connectivity index (χ3n) is 3.54. The van der Waals surface area contributed by atoms with Gasteiger partial charge in [0.15, 0.2) is 0 Å². The van der Waals surface area contributed by atoms with Crippen molar-refractivity contribution in [3.63, 3.8) is 0 Å². The monoisotopic (exact) mass is 312 g/mol. The van der Waals surface area contributed by atoms with Crippen molar-refractivity contribution in [3.05, 3.63) is 78.4 Å². The van der Waals surface area contributed by atoms with Gasteiger partial charge in [0.2, 0.25) is 6.29 Å². The Morgan fingerprint density at radius 2 is 1.61 bits per heavy atom. The summed E-state index contributed by atoms with van der Waals surface area (Å²) in [6.07, 6.45) is 1.74. The molecule has 4 heteroatoms. The molecule has 1 N–H and O–H groups in total. The van der Waals surface area contributed by atoms with Gasteiger partial charge in [0, 0.05) is 0 Å². The third kappa shape index (κ3) is 4.66. The molecule has 1 heterocycles. The van der Waals surface area contributed by atoms with Crippen LogP contribution in [0.15, 0.2) is 72.8 Å². The molecular formula is C19H20O4. The van der Waals surface area contributed by atoms with Gasteiger partial charge in [0.1, 0.15) is 18.0 Å². The Balaban J connectivity index is 1.50. The number of ether oxygens (including phenoxy) is 3. The van der Waals surface area contributed by atoms with Crippen molar-refractivity contribution in [3.8, 4) is 5.75 Å². The average molecular weight is 312 g/mol. The lowest BCUT2D eigenvalue weighted by Gasteiger charge is -2.29. The van der Waals surface area contributed by atoms with Gasteiger partial charge in [-0.2, -0.15) is 0 Å². The van der Waals surface area contributed by atoms with Crippen LogP contribution in [-0.2, 0) is 16.1 Å². The summed E-state index contributed by atoms with van der Waals surface area (Å²) in [7, 11) is 0. The Labute approximate surface area is 135 Å². The Kier molecular flexibility index (Phi) is 5.42. The quantitative estimate of drug-likeness (QED) is 0.833. The van der Waals surface area contributed by atoms with Crippen molar-refractivity contribution >= 4 is 0 Å². The summed E-state index contributed by atoms with van der Waals surface area (Å²) >= 11 is 0. The molecule has 0 saturated heterocycles. The summed E-state index contributed by atoms with van der Waals surface area (Å²) in [6, 6.07) is 19.4. The van der Waals surface area contributed by atoms with E-state index in [4.69, 9.17) is 14.2 Å². The molecule has 1 aliphatic heterocycles. The number of aliphatic hydroxyl groups excluding tert-OH is 1. The van der Waals surface area contributed by atoms with E-state index >= 15 is 0 Å². The molecule has 3 rings (SSSR count). The predicted molar refractivity (Wildman–Crippen MR) is 87.0 cm³/mol. The molecule has 1 aliphatic rings. The highest BCUT2D eigenvalue weighted by Crippen LogP contribution is 2.19. The van der Waals surface area contributed by atoms with Gasteiger partial charge in [-0.1, -0.05) is 54.6 Å². The molecule has 0 radical (unpaired) electrons. The number of hydrogen-bond donors (Lipinski definition) is 1. The van der Waals surface area contributed by atoms with E-state index in [-0.39, 0.29) is 0 Å². The Hall–Kier alpha value is -2.14. The summed E-state index contributed by atoms with van der Waals surface area (Å²) in [5.74, 6) is 0.725. The van der Waals surface area contributed by atoms with E-state index in [1.54, 1.807) is 12.2 Å². The van der Waals surface area contributed by atoms with Gasteiger partial charge in [-0.15, -0.1) is 0 Å². The first-order chi connectivity index (χ1) is 11.3. The molecule has 0 unspecified atom stereocenters. The van der Waals surface area contributed by atoms with E-state index in [1.807, 2.05) is 60.7 Å². The normalized spacial score (nSPS) is 23.6. The highest BCUT2D eigenvalue weighted by molar-refractivity contribution is 5.21. The summed E-state index contributed by atoms with van der Waals surface area (Å²) in [4.78, 5) is 0. The van der Waals surface area contributed by atoms with E-state index < -0.39 is 18.5 Å². The van der Waals surface area contributed by atoms with Crippen LogP contribution in [0.3, 0.4) is 0 Å². The minimum absolute atomic E-state index is 0.301. The zero-order chi connectivity index (χ0) is 15.9. The number of para-hydroxylation sites is 1. The lowest BCUT2D eigenvalue weighted by Crippen LogP contribution is -2.40. The van der Waals surface area contributed by atoms with Gasteiger partial charge < -0.3 is 19.3 Å². The van der Waals surface area contributed by atoms with Crippen molar-refractivity contribution in [2.45, 2.75) is 25.1 Å². The molecule has 0 aliphatic carbocycles. The maximum absolute atomic E-state index is 10.0. The van der Waals surface area contributed by atoms with Crippen LogP contribution < -0.4 is 4.74 Å². The highest BCUT2D eigenvalue weighted by atomic mass is 16.7. The summed E-state index contributed by atoms with van der Waals surface area (Å²) < 4.78 is 17.1. The second kappa shape index (κ2) is 7.92. The van der Waals surface area contributed by atoms with Crippen LogP contribution in [0.25, 0.3) is 0 Å². The lowest BCUT2D eigenvalue weighted by molar-refractivity contribution is -0.151. The topological polar surface area (TPSA) is 47.9 Å². The summed E-state index contributed by atoms with van der Waals surface area (Å²) in [5, 5.41) is 10.0. The zero-order valence-corrected chi connectivity index (χ0v) is 12.7. The Morgan fingerprint density at radius 3 is 2.35 bits per heavy atom. The second-order valence-corrected chi connectivity index (χ2v) is 5.35. The van der Waals surface area contributed by atoms with Crippen LogP contribution in [0, 0.1) is 0 Å². The summed E-state index contributed by atoms with van der Waals surface area (Å²) in [5.41, 5.74) is 1.09. The van der Waals surface area contributed by atoms with Crippen LogP contribution in [0.4, 0.5) is 0 Å². The van der Waals surface area contributed by atoms with Crippen molar-refractivity contribution in [2.24, 2.45) is 0 Å². The van der Waals surface area contributed by atoms with E-state index in [1.165, 1.54) is 0 Å². The van der Waals surface area contributed by atoms with Gasteiger partial charge in [-0.3, -0.25) is 0 Å². The fraction of sp³-hybridized carbons (Fsp3) is 0.263. The van der Waals surface area contributed by atoms with Crippen molar-refractivity contribution in [1.29, 1.82) is 0 Å². The molecule has 2 aromatic carbocycles. The molecule has 0 saturated carbocycles. The fourth-order valence-electron chi connectivity index (χ4n) is 2.33. The fourth-order valence-corrected chi connectivity index (χ4v) is 2.33. The first kappa shape index (κ1) is 15.7. The molecule has 0 bridgehead atoms. The van der Waals surface area contributed by atoms with E-state index in [0.717, 1.165) is 11.3 Å². The molecule has 0 amide bonds. The second-order valence-electron chi connectivity index (χ2n) is 5.35. The largest absolute Gasteiger partial charge is 0.461 e. The lowest BCUT2D eigenvalue weighted by atomic mass is 10.1. The smallest absolute Gasteiger partial charge is 0.220 e. The van der Waals surface area contributed by atoms with Crippen LogP contribution >= 0.6 is 0 Å². The summed E-state index contributed by atoms with van der Waals surface area (Å²) in [6.45, 7) is 0.788. The van der Waals surface area contributed by atoms with Crippen LogP contribution in [0.2, 0.25) is 0 Å². The van der Waals surface area contributed by atoms with E-state index in [9.17, 15) is 5.11 Å². The third-order valence-corrected chi connectivity index (χ3v) is 3.54. The number of rotatable bonds is 6. The van der Waals surface area contributed by atoms with Crippen molar-refractivity contribution in [1.82, 2.24) is 0 Å². The molecule has 2 aromatic rings. The molecule has 3 atom stereocenters. The average Bonchev–Trinajstić information content (AvgIpc) is 2.59. The van der Waals surface area contributed by atoms with Gasteiger partial charge in [0.25, 0.3) is 0 Å². The maximum atomic E-state index is 10.0. The standard InChI is InChI=1S/C19H20O4/c20-17-11-12-19(22-16-9-5-2-6-10-16)23-18(17)14-21-13-15-7-3-1-4-8-15/h1-12,17-20H,13-14H2/t17-,18+,19-/m0/s1. The van der Waals surface area contributed by atoms with Crippen LogP contribution in [0.1, 0.15) is 5.56 Å². The van der Waals surface area contributed by atoms with Gasteiger partial charge in [-0.05, 0) is 23.8 Å². The zero-order valence-electron chi connectivity index (χ0n) is 12.7. The van der Waals surface area contributed by atoms with E-state index in [0.29, 0.717) is 13.2 Å². The molecule has 0 spiro atoms. The van der Waals surface area contributed by atoms with Gasteiger partial charge in [0.05, 0.1) is 13.2 Å². The molecule has 0 aromatic heterocycles. The minimum atomic E-state index is -0.693. The highest BCUT2D eigenvalue weighted by Gasteiger charge is 2.26. The SMILES string of the molecule is O[C@H]1C=C[C@@H](Oc2ccccc2)O[C@@H]1COCc1ccccc1. The molecule has 0 fully saturated rings. The van der Waals surface area contributed by atoms with E-state index in [2.05, 4.69) is 0 Å². The molecule has 23 heavy (non-hydrogen) atoms. The first-order valence-corrected chi connectivity index (χ1v) is 7.66. The molecule has 4 nitrogen and oxygen atoms in total. The van der Waals surface area contributed by atoms with Crippen LogP contribution in [-0.4, -0.2) is 30.2 Å². The first-order valence-electron chi connectivity index (χ1n) is 7.66. The number of hydrogen-bond acceptors (Lipinski definition) is 4. The number of aliphatic hydroxyl groups is 1. The van der Waals surface area contributed by atoms with Crippen molar-refractivity contribution in [2.75, 3.05) is 6.61 Å². The molecular weight excluding hydrogens is 292 g/mol. The maximum Gasteiger partial charge on any atom is 0.220 e. The van der Waals surface area contributed by atoms with Gasteiger partial charge in [-0.25, -0.2) is 0 Å². The Bertz CT molecular complexity index is 612. The van der Waals surface area contributed by atoms with Gasteiger partial charge >= 0.3 is 0 Å². The Morgan fingerprint density at radius 1 is 0.913 bits per heavy atom. The molecule has 120 valence electrons. The minimum Gasteiger partial charge on any atom is -0.461 e. The predicted octanol–water partition coefficient (Wildman–Crippen LogP) is 2.92. The van der Waals surface area contributed by atoms with Crippen molar-refractivity contribution < 1.29 is 19.3 Å². The van der Waals surface area contributed by atoms with Crippen LogP contribution in [0.5, 0.6) is 5.75 Å².